The second-order valence-corrected chi connectivity index (χ2v) is 4.25. The van der Waals surface area contributed by atoms with E-state index in [0.29, 0.717) is 16.1 Å². The van der Waals surface area contributed by atoms with Gasteiger partial charge in [0.25, 0.3) is 0 Å². The predicted molar refractivity (Wildman–Crippen MR) is 66.6 cm³/mol. The largest absolute Gasteiger partial charge is 0.205 e. The van der Waals surface area contributed by atoms with Gasteiger partial charge in [0, 0.05) is 16.1 Å². The van der Waals surface area contributed by atoms with Crippen LogP contribution in [0.1, 0.15) is 5.56 Å². The molecule has 0 saturated heterocycles. The number of rotatable bonds is 1. The van der Waals surface area contributed by atoms with Crippen molar-refractivity contribution in [3.05, 3.63) is 57.8 Å². The molecule has 0 saturated carbocycles. The molecule has 0 fully saturated rings. The van der Waals surface area contributed by atoms with Crippen molar-refractivity contribution >= 4 is 23.2 Å². The summed E-state index contributed by atoms with van der Waals surface area (Å²) in [6.45, 7) is 0. The third kappa shape index (κ3) is 2.26. The maximum Gasteiger partial charge on any atom is 0.149 e. The van der Waals surface area contributed by atoms with Crippen LogP contribution in [0, 0.1) is 17.1 Å². The van der Waals surface area contributed by atoms with Gasteiger partial charge in [-0.25, -0.2) is 4.39 Å². The summed E-state index contributed by atoms with van der Waals surface area (Å²) in [4.78, 5) is 0. The molecule has 17 heavy (non-hydrogen) atoms. The summed E-state index contributed by atoms with van der Waals surface area (Å²) >= 11 is 11.6. The first-order valence-corrected chi connectivity index (χ1v) is 5.53. The molecule has 0 atom stereocenters. The average Bonchev–Trinajstić information content (AvgIpc) is 2.33. The predicted octanol–water partition coefficient (Wildman–Crippen LogP) is 4.67. The third-order valence-corrected chi connectivity index (χ3v) is 2.82. The second kappa shape index (κ2) is 4.75. The molecule has 0 aliphatic rings. The summed E-state index contributed by atoms with van der Waals surface area (Å²) in [5.74, 6) is -0.571. The van der Waals surface area contributed by atoms with Crippen LogP contribution in [0.5, 0.6) is 0 Å². The fourth-order valence-electron chi connectivity index (χ4n) is 1.57. The first-order valence-electron chi connectivity index (χ1n) is 4.77. The number of hydrogen-bond acceptors (Lipinski definition) is 1. The van der Waals surface area contributed by atoms with Gasteiger partial charge >= 0.3 is 0 Å². The number of nitriles is 1. The van der Waals surface area contributed by atoms with Gasteiger partial charge in [-0.3, -0.25) is 0 Å². The van der Waals surface area contributed by atoms with Gasteiger partial charge in [0.15, 0.2) is 0 Å². The Kier molecular flexibility index (Phi) is 3.33. The topological polar surface area (TPSA) is 23.8 Å². The van der Waals surface area contributed by atoms with E-state index in [9.17, 15) is 4.39 Å². The number of hydrogen-bond donors (Lipinski definition) is 0. The molecule has 2 aromatic rings. The summed E-state index contributed by atoms with van der Waals surface area (Å²) in [6, 6.07) is 11.5. The van der Waals surface area contributed by atoms with Crippen LogP contribution in [-0.4, -0.2) is 0 Å². The van der Waals surface area contributed by atoms with Crippen molar-refractivity contribution in [1.29, 1.82) is 5.26 Å². The van der Waals surface area contributed by atoms with Crippen molar-refractivity contribution in [2.45, 2.75) is 0 Å². The van der Waals surface area contributed by atoms with Crippen molar-refractivity contribution in [1.82, 2.24) is 0 Å². The van der Waals surface area contributed by atoms with Crippen molar-refractivity contribution in [2.75, 3.05) is 0 Å². The molecule has 2 rings (SSSR count). The Morgan fingerprint density at radius 2 is 1.76 bits per heavy atom. The quantitative estimate of drug-likeness (QED) is 0.688. The molecule has 1 nitrogen and oxygen atoms in total. The molecule has 0 amide bonds. The first-order chi connectivity index (χ1) is 8.13. The molecule has 4 heteroatoms. The second-order valence-electron chi connectivity index (χ2n) is 3.41. The molecule has 84 valence electrons. The lowest BCUT2D eigenvalue weighted by molar-refractivity contribution is 0.632. The van der Waals surface area contributed by atoms with Crippen LogP contribution < -0.4 is 0 Å². The van der Waals surface area contributed by atoms with Gasteiger partial charge in [0.2, 0.25) is 0 Å². The lowest BCUT2D eigenvalue weighted by atomic mass is 10.00. The summed E-state index contributed by atoms with van der Waals surface area (Å²) in [7, 11) is 0. The molecule has 0 aliphatic carbocycles. The Balaban J connectivity index is 2.73. The standard InChI is InChI=1S/C13H6Cl2FN/c14-9-5-11(13(16)12(15)6-9)10-4-2-1-3-8(10)7-17/h1-6H. The first kappa shape index (κ1) is 11.9. The lowest BCUT2D eigenvalue weighted by Crippen LogP contribution is -1.89. The average molecular weight is 266 g/mol. The SMILES string of the molecule is N#Cc1ccccc1-c1cc(Cl)cc(Cl)c1F. The zero-order valence-electron chi connectivity index (χ0n) is 8.55. The van der Waals surface area contributed by atoms with Crippen LogP contribution in [0.4, 0.5) is 4.39 Å². The minimum Gasteiger partial charge on any atom is -0.205 e. The molecular weight excluding hydrogens is 260 g/mol. The van der Waals surface area contributed by atoms with Crippen molar-refractivity contribution in [3.8, 4) is 17.2 Å². The minimum atomic E-state index is -0.571. The number of nitrogens with zero attached hydrogens (tertiary/aromatic N) is 1. The Morgan fingerprint density at radius 1 is 1.06 bits per heavy atom. The summed E-state index contributed by atoms with van der Waals surface area (Å²) in [5, 5.41) is 9.25. The summed E-state index contributed by atoms with van der Waals surface area (Å²) in [5.41, 5.74) is 1.10. The zero-order valence-corrected chi connectivity index (χ0v) is 10.1. The fourth-order valence-corrected chi connectivity index (χ4v) is 2.06. The normalized spacial score (nSPS) is 10.0. The lowest BCUT2D eigenvalue weighted by Gasteiger charge is -2.07. The van der Waals surface area contributed by atoms with Crippen LogP contribution in [0.2, 0.25) is 10.0 Å². The highest BCUT2D eigenvalue weighted by Gasteiger charge is 2.13. The minimum absolute atomic E-state index is 0.0553. The Bertz CT molecular complexity index is 617. The Morgan fingerprint density at radius 3 is 2.47 bits per heavy atom. The molecule has 0 bridgehead atoms. The van der Waals surface area contributed by atoms with E-state index in [4.69, 9.17) is 28.5 Å². The molecule has 2 aromatic carbocycles. The van der Waals surface area contributed by atoms with Crippen LogP contribution in [0.25, 0.3) is 11.1 Å². The Hall–Kier alpha value is -1.56. The van der Waals surface area contributed by atoms with Gasteiger partial charge in [0.1, 0.15) is 5.82 Å². The monoisotopic (exact) mass is 265 g/mol. The third-order valence-electron chi connectivity index (χ3n) is 2.33. The number of benzene rings is 2. The van der Waals surface area contributed by atoms with Gasteiger partial charge in [0.05, 0.1) is 16.7 Å². The van der Waals surface area contributed by atoms with Crippen LogP contribution >= 0.6 is 23.2 Å². The van der Waals surface area contributed by atoms with E-state index in [2.05, 4.69) is 0 Å². The van der Waals surface area contributed by atoms with Crippen molar-refractivity contribution in [3.63, 3.8) is 0 Å². The zero-order chi connectivity index (χ0) is 12.4. The van der Waals surface area contributed by atoms with Gasteiger partial charge in [-0.15, -0.1) is 0 Å². The smallest absolute Gasteiger partial charge is 0.149 e. The van der Waals surface area contributed by atoms with E-state index in [1.165, 1.54) is 12.1 Å². The van der Waals surface area contributed by atoms with E-state index in [1.807, 2.05) is 6.07 Å². The van der Waals surface area contributed by atoms with Crippen LogP contribution in [0.15, 0.2) is 36.4 Å². The van der Waals surface area contributed by atoms with Crippen molar-refractivity contribution in [2.24, 2.45) is 0 Å². The molecule has 0 radical (unpaired) electrons. The highest BCUT2D eigenvalue weighted by Crippen LogP contribution is 2.32. The van der Waals surface area contributed by atoms with Crippen LogP contribution in [-0.2, 0) is 0 Å². The van der Waals surface area contributed by atoms with Gasteiger partial charge in [-0.1, -0.05) is 41.4 Å². The Labute approximate surface area is 108 Å². The molecule has 0 unspecified atom stereocenters. The summed E-state index contributed by atoms with van der Waals surface area (Å²) < 4.78 is 13.9. The van der Waals surface area contributed by atoms with Gasteiger partial charge in [-0.05, 0) is 18.2 Å². The molecule has 0 heterocycles. The maximum atomic E-state index is 13.9. The van der Waals surface area contributed by atoms with E-state index < -0.39 is 5.82 Å². The molecule has 0 N–H and O–H groups in total. The fraction of sp³-hybridized carbons (Fsp3) is 0. The van der Waals surface area contributed by atoms with Crippen molar-refractivity contribution < 1.29 is 4.39 Å². The van der Waals surface area contributed by atoms with E-state index in [1.54, 1.807) is 24.3 Å². The van der Waals surface area contributed by atoms with E-state index >= 15 is 0 Å². The molecule has 0 spiro atoms. The van der Waals surface area contributed by atoms with Gasteiger partial charge in [-0.2, -0.15) is 5.26 Å². The van der Waals surface area contributed by atoms with E-state index in [0.717, 1.165) is 0 Å². The summed E-state index contributed by atoms with van der Waals surface area (Å²) in [6.07, 6.45) is 0. The maximum absolute atomic E-state index is 13.9. The highest BCUT2D eigenvalue weighted by molar-refractivity contribution is 6.35. The molecule has 0 aliphatic heterocycles. The van der Waals surface area contributed by atoms with Crippen LogP contribution in [0.3, 0.4) is 0 Å². The highest BCUT2D eigenvalue weighted by atomic mass is 35.5. The molecular formula is C13H6Cl2FN. The number of halogens is 3. The molecule has 0 aromatic heterocycles. The van der Waals surface area contributed by atoms with Gasteiger partial charge < -0.3 is 0 Å². The van der Waals surface area contributed by atoms with E-state index in [-0.39, 0.29) is 10.6 Å².